The Morgan fingerprint density at radius 1 is 1.26 bits per heavy atom. The van der Waals surface area contributed by atoms with Crippen LogP contribution in [0.4, 0.5) is 0 Å². The van der Waals surface area contributed by atoms with Crippen LogP contribution in [0.25, 0.3) is 0 Å². The smallest absolute Gasteiger partial charge is 0.158 e. The zero-order chi connectivity index (χ0) is 13.7. The van der Waals surface area contributed by atoms with E-state index in [1.807, 2.05) is 36.1 Å². The van der Waals surface area contributed by atoms with E-state index in [9.17, 15) is 0 Å². The van der Waals surface area contributed by atoms with Gasteiger partial charge in [0.25, 0.3) is 0 Å². The molecule has 1 aromatic heterocycles. The molecule has 2 rings (SSSR count). The summed E-state index contributed by atoms with van der Waals surface area (Å²) in [5.41, 5.74) is 1.16. The SMILES string of the molecule is CNCC(Oc1cnn(C(C)C)c1)c1ccccc1. The monoisotopic (exact) mass is 259 g/mol. The van der Waals surface area contributed by atoms with E-state index in [2.05, 4.69) is 36.4 Å². The number of benzene rings is 1. The fourth-order valence-corrected chi connectivity index (χ4v) is 1.91. The second-order valence-electron chi connectivity index (χ2n) is 4.82. The van der Waals surface area contributed by atoms with Crippen LogP contribution in [0, 0.1) is 0 Å². The van der Waals surface area contributed by atoms with Gasteiger partial charge in [0.05, 0.1) is 12.4 Å². The normalized spacial score (nSPS) is 12.6. The molecule has 0 fully saturated rings. The number of nitrogens with one attached hydrogen (secondary N) is 1. The van der Waals surface area contributed by atoms with Crippen LogP contribution in [0.15, 0.2) is 42.7 Å². The van der Waals surface area contributed by atoms with Crippen LogP contribution in [0.1, 0.15) is 31.6 Å². The second kappa shape index (κ2) is 6.38. The highest BCUT2D eigenvalue weighted by Crippen LogP contribution is 2.21. The van der Waals surface area contributed by atoms with E-state index < -0.39 is 0 Å². The minimum atomic E-state index is -0.00369. The van der Waals surface area contributed by atoms with Crippen molar-refractivity contribution in [1.29, 1.82) is 0 Å². The summed E-state index contributed by atoms with van der Waals surface area (Å²) in [6.07, 6.45) is 3.71. The quantitative estimate of drug-likeness (QED) is 0.867. The molecule has 1 atom stereocenters. The minimum absolute atomic E-state index is 0.00369. The molecule has 0 radical (unpaired) electrons. The van der Waals surface area contributed by atoms with Gasteiger partial charge >= 0.3 is 0 Å². The van der Waals surface area contributed by atoms with E-state index >= 15 is 0 Å². The van der Waals surface area contributed by atoms with Gasteiger partial charge in [-0.2, -0.15) is 5.10 Å². The number of rotatable bonds is 6. The summed E-state index contributed by atoms with van der Waals surface area (Å²) in [5, 5.41) is 7.46. The Labute approximate surface area is 114 Å². The summed E-state index contributed by atoms with van der Waals surface area (Å²) in [5.74, 6) is 0.804. The van der Waals surface area contributed by atoms with Crippen molar-refractivity contribution in [3.05, 3.63) is 48.3 Å². The van der Waals surface area contributed by atoms with Gasteiger partial charge in [-0.3, -0.25) is 4.68 Å². The Morgan fingerprint density at radius 3 is 2.58 bits per heavy atom. The van der Waals surface area contributed by atoms with Crippen molar-refractivity contribution in [1.82, 2.24) is 15.1 Å². The van der Waals surface area contributed by atoms with Crippen molar-refractivity contribution in [3.8, 4) is 5.75 Å². The van der Waals surface area contributed by atoms with Gasteiger partial charge in [0.15, 0.2) is 5.75 Å². The van der Waals surface area contributed by atoms with Gasteiger partial charge in [0, 0.05) is 12.6 Å². The van der Waals surface area contributed by atoms with Gasteiger partial charge in [-0.1, -0.05) is 30.3 Å². The third-order valence-corrected chi connectivity index (χ3v) is 2.95. The van der Waals surface area contributed by atoms with Gasteiger partial charge < -0.3 is 10.1 Å². The zero-order valence-electron chi connectivity index (χ0n) is 11.7. The Bertz CT molecular complexity index is 493. The third kappa shape index (κ3) is 3.58. The first-order valence-corrected chi connectivity index (χ1v) is 6.61. The molecule has 1 aromatic carbocycles. The van der Waals surface area contributed by atoms with Crippen molar-refractivity contribution in [2.24, 2.45) is 0 Å². The van der Waals surface area contributed by atoms with Crippen LogP contribution in [-0.2, 0) is 0 Å². The summed E-state index contributed by atoms with van der Waals surface area (Å²) in [7, 11) is 1.93. The number of likely N-dealkylation sites (N-methyl/N-ethyl adjacent to an activating group) is 1. The van der Waals surface area contributed by atoms with Crippen molar-refractivity contribution >= 4 is 0 Å². The molecule has 0 bridgehead atoms. The summed E-state index contributed by atoms with van der Waals surface area (Å²) in [4.78, 5) is 0. The van der Waals surface area contributed by atoms with Crippen molar-refractivity contribution < 1.29 is 4.74 Å². The predicted molar refractivity (Wildman–Crippen MR) is 76.3 cm³/mol. The number of nitrogens with zero attached hydrogens (tertiary/aromatic N) is 2. The summed E-state index contributed by atoms with van der Waals surface area (Å²) in [6.45, 7) is 4.95. The molecule has 0 spiro atoms. The van der Waals surface area contributed by atoms with Crippen molar-refractivity contribution in [3.63, 3.8) is 0 Å². The summed E-state index contributed by atoms with van der Waals surface area (Å²) >= 11 is 0. The molecule has 0 amide bonds. The van der Waals surface area contributed by atoms with Crippen LogP contribution in [0.3, 0.4) is 0 Å². The van der Waals surface area contributed by atoms with E-state index in [1.165, 1.54) is 0 Å². The fourth-order valence-electron chi connectivity index (χ4n) is 1.91. The standard InChI is InChI=1S/C15H21N3O/c1-12(2)18-11-14(9-17-18)19-15(10-16-3)13-7-5-4-6-8-13/h4-9,11-12,15-16H,10H2,1-3H3. The molecule has 1 N–H and O–H groups in total. The zero-order valence-corrected chi connectivity index (χ0v) is 11.7. The Morgan fingerprint density at radius 2 is 2.00 bits per heavy atom. The van der Waals surface area contributed by atoms with Crippen LogP contribution >= 0.6 is 0 Å². The minimum Gasteiger partial charge on any atom is -0.481 e. The topological polar surface area (TPSA) is 39.1 Å². The lowest BCUT2D eigenvalue weighted by atomic mass is 10.1. The highest BCUT2D eigenvalue weighted by atomic mass is 16.5. The van der Waals surface area contributed by atoms with Gasteiger partial charge in [0.1, 0.15) is 6.10 Å². The van der Waals surface area contributed by atoms with E-state index in [0.29, 0.717) is 6.04 Å². The lowest BCUT2D eigenvalue weighted by Crippen LogP contribution is -2.21. The Balaban J connectivity index is 2.12. The first-order valence-electron chi connectivity index (χ1n) is 6.61. The van der Waals surface area contributed by atoms with Gasteiger partial charge in [0.2, 0.25) is 0 Å². The Kier molecular flexibility index (Phi) is 4.58. The molecular formula is C15H21N3O. The molecule has 2 aromatic rings. The van der Waals surface area contributed by atoms with Crippen LogP contribution in [0.2, 0.25) is 0 Å². The number of aromatic nitrogens is 2. The average Bonchev–Trinajstić information content (AvgIpc) is 2.88. The Hall–Kier alpha value is -1.81. The molecule has 4 heteroatoms. The molecule has 1 unspecified atom stereocenters. The average molecular weight is 259 g/mol. The van der Waals surface area contributed by atoms with Gasteiger partial charge in [-0.15, -0.1) is 0 Å². The highest BCUT2D eigenvalue weighted by molar-refractivity contribution is 5.21. The maximum Gasteiger partial charge on any atom is 0.158 e. The molecule has 1 heterocycles. The van der Waals surface area contributed by atoms with Crippen LogP contribution in [0.5, 0.6) is 5.75 Å². The maximum absolute atomic E-state index is 6.03. The highest BCUT2D eigenvalue weighted by Gasteiger charge is 2.13. The number of hydrogen-bond acceptors (Lipinski definition) is 3. The molecule has 102 valence electrons. The third-order valence-electron chi connectivity index (χ3n) is 2.95. The van der Waals surface area contributed by atoms with Crippen LogP contribution in [-0.4, -0.2) is 23.4 Å². The summed E-state index contributed by atoms with van der Waals surface area (Å²) < 4.78 is 7.93. The lowest BCUT2D eigenvalue weighted by molar-refractivity contribution is 0.204. The van der Waals surface area contributed by atoms with E-state index in [-0.39, 0.29) is 6.10 Å². The largest absolute Gasteiger partial charge is 0.481 e. The molecule has 0 aliphatic carbocycles. The van der Waals surface area contributed by atoms with Crippen molar-refractivity contribution in [2.45, 2.75) is 26.0 Å². The van der Waals surface area contributed by atoms with Crippen molar-refractivity contribution in [2.75, 3.05) is 13.6 Å². The molecule has 19 heavy (non-hydrogen) atoms. The first-order chi connectivity index (χ1) is 9.20. The summed E-state index contributed by atoms with van der Waals surface area (Å²) in [6, 6.07) is 10.6. The molecule has 0 saturated heterocycles. The van der Waals surface area contributed by atoms with E-state index in [4.69, 9.17) is 4.74 Å². The molecule has 0 saturated carbocycles. The van der Waals surface area contributed by atoms with Crippen LogP contribution < -0.4 is 10.1 Å². The molecule has 4 nitrogen and oxygen atoms in total. The lowest BCUT2D eigenvalue weighted by Gasteiger charge is -2.18. The molecular weight excluding hydrogens is 238 g/mol. The first kappa shape index (κ1) is 13.6. The van der Waals surface area contributed by atoms with E-state index in [1.54, 1.807) is 6.20 Å². The molecule has 0 aliphatic rings. The fraction of sp³-hybridized carbons (Fsp3) is 0.400. The van der Waals surface area contributed by atoms with Gasteiger partial charge in [-0.05, 0) is 26.5 Å². The van der Waals surface area contributed by atoms with E-state index in [0.717, 1.165) is 17.9 Å². The van der Waals surface area contributed by atoms with Gasteiger partial charge in [-0.25, -0.2) is 0 Å². The predicted octanol–water partition coefficient (Wildman–Crippen LogP) is 2.80. The number of hydrogen-bond donors (Lipinski definition) is 1. The number of ether oxygens (including phenoxy) is 1. The molecule has 0 aliphatic heterocycles. The maximum atomic E-state index is 6.03. The second-order valence-corrected chi connectivity index (χ2v) is 4.82.